The Bertz CT molecular complexity index is 430. The van der Waals surface area contributed by atoms with Crippen molar-refractivity contribution in [1.82, 2.24) is 5.32 Å². The number of furan rings is 1. The summed E-state index contributed by atoms with van der Waals surface area (Å²) in [6, 6.07) is 13.9. The third-order valence-corrected chi connectivity index (χ3v) is 3.51. The van der Waals surface area contributed by atoms with Gasteiger partial charge >= 0.3 is 0 Å². The van der Waals surface area contributed by atoms with Gasteiger partial charge in [-0.2, -0.15) is 0 Å². The first-order chi connectivity index (χ1) is 8.86. The Morgan fingerprint density at radius 3 is 2.72 bits per heavy atom. The number of rotatable bonds is 7. The highest BCUT2D eigenvalue weighted by Crippen LogP contribution is 2.16. The van der Waals surface area contributed by atoms with Crippen molar-refractivity contribution < 1.29 is 9.52 Å². The zero-order chi connectivity index (χ0) is 12.6. The molecule has 0 fully saturated rings. The maximum Gasteiger partial charge on any atom is 0.133 e. The van der Waals surface area contributed by atoms with E-state index in [1.165, 1.54) is 4.90 Å². The van der Waals surface area contributed by atoms with Crippen LogP contribution in [-0.2, 0) is 0 Å². The van der Waals surface area contributed by atoms with Gasteiger partial charge in [-0.3, -0.25) is 0 Å². The largest absolute Gasteiger partial charge is 0.467 e. The minimum Gasteiger partial charge on any atom is -0.467 e. The fourth-order valence-corrected chi connectivity index (χ4v) is 2.41. The predicted molar refractivity (Wildman–Crippen MR) is 73.7 cm³/mol. The monoisotopic (exact) mass is 263 g/mol. The maximum absolute atomic E-state index is 9.76. The van der Waals surface area contributed by atoms with Gasteiger partial charge in [0.1, 0.15) is 11.9 Å². The summed E-state index contributed by atoms with van der Waals surface area (Å²) in [5.41, 5.74) is 0. The second-order valence-corrected chi connectivity index (χ2v) is 5.07. The molecule has 3 nitrogen and oxygen atoms in total. The zero-order valence-corrected chi connectivity index (χ0v) is 10.9. The van der Waals surface area contributed by atoms with Gasteiger partial charge in [-0.1, -0.05) is 18.2 Å². The van der Waals surface area contributed by atoms with Gasteiger partial charge in [0.05, 0.1) is 6.26 Å². The lowest BCUT2D eigenvalue weighted by atomic mass is 10.3. The summed E-state index contributed by atoms with van der Waals surface area (Å²) in [6.45, 7) is 1.38. The lowest BCUT2D eigenvalue weighted by Crippen LogP contribution is -2.23. The maximum atomic E-state index is 9.76. The average molecular weight is 263 g/mol. The standard InChI is InChI=1S/C14H17NO2S/c16-13(14-7-4-9-17-14)11-15-8-10-18-12-5-2-1-3-6-12/h1-7,9,13,15-16H,8,10-11H2. The highest BCUT2D eigenvalue weighted by Gasteiger charge is 2.08. The first kappa shape index (κ1) is 13.2. The Balaban J connectivity index is 1.59. The van der Waals surface area contributed by atoms with Crippen LogP contribution in [-0.4, -0.2) is 23.9 Å². The summed E-state index contributed by atoms with van der Waals surface area (Å²) in [7, 11) is 0. The van der Waals surface area contributed by atoms with Gasteiger partial charge in [-0.25, -0.2) is 0 Å². The molecule has 0 saturated carbocycles. The van der Waals surface area contributed by atoms with Crippen LogP contribution < -0.4 is 5.32 Å². The zero-order valence-electron chi connectivity index (χ0n) is 10.1. The van der Waals surface area contributed by atoms with E-state index in [1.54, 1.807) is 30.2 Å². The topological polar surface area (TPSA) is 45.4 Å². The molecule has 0 amide bonds. The smallest absolute Gasteiger partial charge is 0.133 e. The van der Waals surface area contributed by atoms with E-state index in [2.05, 4.69) is 17.4 Å². The van der Waals surface area contributed by atoms with Crippen LogP contribution in [0.3, 0.4) is 0 Å². The number of hydrogen-bond acceptors (Lipinski definition) is 4. The Hall–Kier alpha value is -1.23. The van der Waals surface area contributed by atoms with Crippen molar-refractivity contribution in [2.24, 2.45) is 0 Å². The summed E-state index contributed by atoms with van der Waals surface area (Å²) < 4.78 is 5.13. The number of benzene rings is 1. The Morgan fingerprint density at radius 1 is 1.17 bits per heavy atom. The Kier molecular flexibility index (Phi) is 5.33. The van der Waals surface area contributed by atoms with E-state index in [4.69, 9.17) is 4.42 Å². The first-order valence-corrected chi connectivity index (χ1v) is 6.95. The summed E-state index contributed by atoms with van der Waals surface area (Å²) in [5, 5.41) is 13.0. The molecule has 1 unspecified atom stereocenters. The molecule has 1 heterocycles. The van der Waals surface area contributed by atoms with E-state index in [0.717, 1.165) is 12.3 Å². The first-order valence-electron chi connectivity index (χ1n) is 5.96. The molecule has 4 heteroatoms. The van der Waals surface area contributed by atoms with Gasteiger partial charge in [-0.05, 0) is 24.3 Å². The molecular weight excluding hydrogens is 246 g/mol. The third kappa shape index (κ3) is 4.22. The number of aliphatic hydroxyl groups excluding tert-OH is 1. The van der Waals surface area contributed by atoms with Crippen LogP contribution in [0.15, 0.2) is 58.0 Å². The fourth-order valence-electron chi connectivity index (χ4n) is 1.58. The van der Waals surface area contributed by atoms with Crippen molar-refractivity contribution in [3.63, 3.8) is 0 Å². The van der Waals surface area contributed by atoms with Crippen molar-refractivity contribution in [1.29, 1.82) is 0 Å². The third-order valence-electron chi connectivity index (χ3n) is 2.50. The predicted octanol–water partition coefficient (Wildman–Crippen LogP) is 2.69. The van der Waals surface area contributed by atoms with Crippen LogP contribution in [0.2, 0.25) is 0 Å². The Labute approximate surface area is 111 Å². The second kappa shape index (κ2) is 7.26. The number of thioether (sulfide) groups is 1. The molecule has 1 aromatic carbocycles. The van der Waals surface area contributed by atoms with E-state index in [-0.39, 0.29) is 0 Å². The average Bonchev–Trinajstić information content (AvgIpc) is 2.93. The summed E-state index contributed by atoms with van der Waals surface area (Å²) in [4.78, 5) is 1.27. The molecule has 0 spiro atoms. The van der Waals surface area contributed by atoms with Crippen LogP contribution in [0, 0.1) is 0 Å². The van der Waals surface area contributed by atoms with E-state index in [9.17, 15) is 5.11 Å². The highest BCUT2D eigenvalue weighted by atomic mass is 32.2. The summed E-state index contributed by atoms with van der Waals surface area (Å²) >= 11 is 1.80. The second-order valence-electron chi connectivity index (χ2n) is 3.90. The molecule has 0 aliphatic carbocycles. The minimum absolute atomic E-state index is 0.517. The minimum atomic E-state index is -0.568. The van der Waals surface area contributed by atoms with Gasteiger partial charge in [0.2, 0.25) is 0 Å². The molecule has 1 aromatic heterocycles. The van der Waals surface area contributed by atoms with Crippen LogP contribution >= 0.6 is 11.8 Å². The van der Waals surface area contributed by atoms with Gasteiger partial charge in [0, 0.05) is 23.7 Å². The molecule has 2 aromatic rings. The van der Waals surface area contributed by atoms with E-state index < -0.39 is 6.10 Å². The molecule has 0 bridgehead atoms. The molecule has 0 radical (unpaired) electrons. The molecule has 2 rings (SSSR count). The van der Waals surface area contributed by atoms with Crippen molar-refractivity contribution in [2.75, 3.05) is 18.8 Å². The van der Waals surface area contributed by atoms with Gasteiger partial charge in [-0.15, -0.1) is 11.8 Å². The van der Waals surface area contributed by atoms with Gasteiger partial charge in [0.25, 0.3) is 0 Å². The Morgan fingerprint density at radius 2 is 2.00 bits per heavy atom. The molecule has 2 N–H and O–H groups in total. The van der Waals surface area contributed by atoms with Crippen LogP contribution in [0.5, 0.6) is 0 Å². The highest BCUT2D eigenvalue weighted by molar-refractivity contribution is 7.99. The van der Waals surface area contributed by atoms with Crippen molar-refractivity contribution in [3.8, 4) is 0 Å². The van der Waals surface area contributed by atoms with Crippen LogP contribution in [0.1, 0.15) is 11.9 Å². The van der Waals surface area contributed by atoms with E-state index >= 15 is 0 Å². The van der Waals surface area contributed by atoms with Crippen molar-refractivity contribution in [2.45, 2.75) is 11.0 Å². The molecular formula is C14H17NO2S. The van der Waals surface area contributed by atoms with E-state index in [1.807, 2.05) is 18.2 Å². The molecule has 96 valence electrons. The van der Waals surface area contributed by atoms with Crippen LogP contribution in [0.4, 0.5) is 0 Å². The van der Waals surface area contributed by atoms with Crippen molar-refractivity contribution >= 4 is 11.8 Å². The lowest BCUT2D eigenvalue weighted by molar-refractivity contribution is 0.148. The quantitative estimate of drug-likeness (QED) is 0.595. The van der Waals surface area contributed by atoms with Gasteiger partial charge in [0.15, 0.2) is 0 Å². The lowest BCUT2D eigenvalue weighted by Gasteiger charge is -2.09. The summed E-state index contributed by atoms with van der Waals surface area (Å²) in [6.07, 6.45) is 1.01. The number of nitrogens with one attached hydrogen (secondary N) is 1. The van der Waals surface area contributed by atoms with Crippen LogP contribution in [0.25, 0.3) is 0 Å². The molecule has 0 saturated heterocycles. The fraction of sp³-hybridized carbons (Fsp3) is 0.286. The number of aliphatic hydroxyl groups is 1. The molecule has 0 aliphatic heterocycles. The molecule has 18 heavy (non-hydrogen) atoms. The summed E-state index contributed by atoms with van der Waals surface area (Å²) in [5.74, 6) is 1.59. The molecule has 0 aliphatic rings. The normalized spacial score (nSPS) is 12.5. The SMILES string of the molecule is OC(CNCCSc1ccccc1)c1ccco1. The van der Waals surface area contributed by atoms with Gasteiger partial charge < -0.3 is 14.8 Å². The number of hydrogen-bond donors (Lipinski definition) is 2. The molecule has 1 atom stereocenters. The van der Waals surface area contributed by atoms with E-state index in [0.29, 0.717) is 12.3 Å². The van der Waals surface area contributed by atoms with Crippen molar-refractivity contribution in [3.05, 3.63) is 54.5 Å².